The number of hydrogen-bond donors (Lipinski definition) is 1. The monoisotopic (exact) mass is 286 g/mol. The number of carbonyl (C=O) groups excluding carboxylic acids is 1. The van der Waals surface area contributed by atoms with E-state index >= 15 is 0 Å². The fourth-order valence-electron chi connectivity index (χ4n) is 4.06. The molecule has 1 aromatic rings. The van der Waals surface area contributed by atoms with Crippen molar-refractivity contribution in [3.05, 3.63) is 34.9 Å². The van der Waals surface area contributed by atoms with Crippen molar-refractivity contribution in [1.82, 2.24) is 10.2 Å². The van der Waals surface area contributed by atoms with Gasteiger partial charge in [-0.25, -0.2) is 0 Å². The minimum atomic E-state index is 0.210. The van der Waals surface area contributed by atoms with Gasteiger partial charge in [0.05, 0.1) is 0 Å². The van der Waals surface area contributed by atoms with Crippen LogP contribution in [-0.4, -0.2) is 35.5 Å². The van der Waals surface area contributed by atoms with Crippen LogP contribution in [0, 0.1) is 13.8 Å². The number of nitrogens with zero attached hydrogens (tertiary/aromatic N) is 1. The Morgan fingerprint density at radius 3 is 2.48 bits per heavy atom. The van der Waals surface area contributed by atoms with E-state index in [0.717, 1.165) is 30.5 Å². The first-order valence-electron chi connectivity index (χ1n) is 8.22. The van der Waals surface area contributed by atoms with Crippen LogP contribution in [0.4, 0.5) is 0 Å². The fraction of sp³-hybridized carbons (Fsp3) is 0.611. The summed E-state index contributed by atoms with van der Waals surface area (Å²) in [5, 5.41) is 3.66. The number of aryl methyl sites for hydroxylation is 2. The molecule has 2 bridgehead atoms. The Balaban J connectivity index is 1.80. The normalized spacial score (nSPS) is 27.7. The molecule has 1 amide bonds. The van der Waals surface area contributed by atoms with Crippen LogP contribution < -0.4 is 5.32 Å². The largest absolute Gasteiger partial charge is 0.336 e. The minimum absolute atomic E-state index is 0.210. The lowest BCUT2D eigenvalue weighted by molar-refractivity contribution is 0.0630. The first-order chi connectivity index (χ1) is 10.1. The molecule has 0 aromatic heterocycles. The maximum atomic E-state index is 12.9. The highest BCUT2D eigenvalue weighted by atomic mass is 16.2. The molecule has 0 radical (unpaired) electrons. The number of carbonyl (C=O) groups is 1. The highest BCUT2D eigenvalue weighted by molar-refractivity contribution is 5.96. The smallest absolute Gasteiger partial charge is 0.254 e. The molecule has 3 rings (SSSR count). The topological polar surface area (TPSA) is 32.3 Å². The van der Waals surface area contributed by atoms with E-state index in [9.17, 15) is 4.79 Å². The van der Waals surface area contributed by atoms with Gasteiger partial charge in [-0.2, -0.15) is 0 Å². The summed E-state index contributed by atoms with van der Waals surface area (Å²) in [7, 11) is 0. The first kappa shape index (κ1) is 14.6. The van der Waals surface area contributed by atoms with Gasteiger partial charge >= 0.3 is 0 Å². The zero-order chi connectivity index (χ0) is 15.0. The summed E-state index contributed by atoms with van der Waals surface area (Å²) in [6, 6.07) is 7.78. The van der Waals surface area contributed by atoms with E-state index in [1.165, 1.54) is 18.4 Å². The summed E-state index contributed by atoms with van der Waals surface area (Å²) < 4.78 is 0. The fourth-order valence-corrected chi connectivity index (χ4v) is 4.06. The van der Waals surface area contributed by atoms with Crippen LogP contribution in [0.1, 0.15) is 54.1 Å². The van der Waals surface area contributed by atoms with Gasteiger partial charge in [0, 0.05) is 30.2 Å². The van der Waals surface area contributed by atoms with Crippen LogP contribution in [-0.2, 0) is 0 Å². The molecule has 1 N–H and O–H groups in total. The van der Waals surface area contributed by atoms with E-state index in [1.54, 1.807) is 0 Å². The number of piperidine rings is 1. The molecular weight excluding hydrogens is 260 g/mol. The van der Waals surface area contributed by atoms with E-state index in [1.807, 2.05) is 19.1 Å². The zero-order valence-corrected chi connectivity index (χ0v) is 13.4. The average Bonchev–Trinajstić information content (AvgIpc) is 2.78. The maximum absolute atomic E-state index is 12.9. The minimum Gasteiger partial charge on any atom is -0.336 e. The van der Waals surface area contributed by atoms with Crippen molar-refractivity contribution in [3.63, 3.8) is 0 Å². The number of nitrogens with one attached hydrogen (secondary N) is 1. The van der Waals surface area contributed by atoms with Crippen molar-refractivity contribution in [2.24, 2.45) is 0 Å². The Kier molecular flexibility index (Phi) is 4.03. The molecule has 114 valence electrons. The highest BCUT2D eigenvalue weighted by Gasteiger charge is 2.37. The van der Waals surface area contributed by atoms with Gasteiger partial charge in [-0.1, -0.05) is 17.7 Å². The first-order valence-corrected chi connectivity index (χ1v) is 8.22. The second-order valence-electron chi connectivity index (χ2n) is 6.67. The summed E-state index contributed by atoms with van der Waals surface area (Å²) >= 11 is 0. The Labute approximate surface area is 127 Å². The molecule has 2 aliphatic heterocycles. The third-order valence-corrected chi connectivity index (χ3v) is 5.10. The molecule has 2 fully saturated rings. The van der Waals surface area contributed by atoms with E-state index in [-0.39, 0.29) is 5.91 Å². The molecule has 0 spiro atoms. The molecule has 2 atom stereocenters. The van der Waals surface area contributed by atoms with Crippen LogP contribution in [0.2, 0.25) is 0 Å². The predicted octanol–water partition coefficient (Wildman–Crippen LogP) is 3.05. The van der Waals surface area contributed by atoms with Crippen molar-refractivity contribution in [1.29, 1.82) is 0 Å². The lowest BCUT2D eigenvalue weighted by Gasteiger charge is -2.37. The van der Waals surface area contributed by atoms with Gasteiger partial charge in [-0.05, 0) is 58.1 Å². The molecular formula is C18H26N2O. The van der Waals surface area contributed by atoms with Crippen molar-refractivity contribution in [2.75, 3.05) is 6.54 Å². The quantitative estimate of drug-likeness (QED) is 0.926. The van der Waals surface area contributed by atoms with Crippen LogP contribution in [0.5, 0.6) is 0 Å². The lowest BCUT2D eigenvalue weighted by Crippen LogP contribution is -2.50. The van der Waals surface area contributed by atoms with Crippen LogP contribution >= 0.6 is 0 Å². The standard InChI is InChI=1S/C18H26N2O/c1-4-20(16-10-14-6-7-15(11-16)19-14)18(21)17-8-5-12(2)9-13(17)3/h5,8-9,14-16,19H,4,6-7,10-11H2,1-3H3. The van der Waals surface area contributed by atoms with Crippen molar-refractivity contribution in [2.45, 2.75) is 64.6 Å². The second kappa shape index (κ2) is 5.80. The molecule has 0 saturated carbocycles. The van der Waals surface area contributed by atoms with E-state index in [0.29, 0.717) is 18.1 Å². The van der Waals surface area contributed by atoms with Gasteiger partial charge in [0.25, 0.3) is 5.91 Å². The SMILES string of the molecule is CCN(C(=O)c1ccc(C)cc1C)C1CC2CCC(C1)N2. The van der Waals surface area contributed by atoms with Gasteiger partial charge in [-0.3, -0.25) is 4.79 Å². The summed E-state index contributed by atoms with van der Waals surface area (Å²) in [6.45, 7) is 7.02. The second-order valence-corrected chi connectivity index (χ2v) is 6.67. The molecule has 1 aromatic carbocycles. The molecule has 2 unspecified atom stereocenters. The molecule has 2 saturated heterocycles. The zero-order valence-electron chi connectivity index (χ0n) is 13.4. The van der Waals surface area contributed by atoms with Gasteiger partial charge in [0.2, 0.25) is 0 Å². The summed E-state index contributed by atoms with van der Waals surface area (Å²) in [5.74, 6) is 0.210. The Bertz CT molecular complexity index is 528. The Morgan fingerprint density at radius 2 is 1.90 bits per heavy atom. The lowest BCUT2D eigenvalue weighted by atomic mass is 9.96. The van der Waals surface area contributed by atoms with E-state index in [2.05, 4.69) is 30.1 Å². The summed E-state index contributed by atoms with van der Waals surface area (Å²) in [4.78, 5) is 15.0. The van der Waals surface area contributed by atoms with Gasteiger partial charge in [0.1, 0.15) is 0 Å². The van der Waals surface area contributed by atoms with Crippen LogP contribution in [0.25, 0.3) is 0 Å². The van der Waals surface area contributed by atoms with Crippen molar-refractivity contribution in [3.8, 4) is 0 Å². The average molecular weight is 286 g/mol. The number of hydrogen-bond acceptors (Lipinski definition) is 2. The van der Waals surface area contributed by atoms with Gasteiger partial charge in [0.15, 0.2) is 0 Å². The number of benzene rings is 1. The third kappa shape index (κ3) is 2.84. The number of amides is 1. The molecule has 21 heavy (non-hydrogen) atoms. The summed E-state index contributed by atoms with van der Waals surface area (Å²) in [6.07, 6.45) is 4.77. The molecule has 3 nitrogen and oxygen atoms in total. The number of rotatable bonds is 3. The van der Waals surface area contributed by atoms with Crippen LogP contribution in [0.15, 0.2) is 18.2 Å². The van der Waals surface area contributed by atoms with Gasteiger partial charge in [-0.15, -0.1) is 0 Å². The third-order valence-electron chi connectivity index (χ3n) is 5.10. The van der Waals surface area contributed by atoms with Gasteiger partial charge < -0.3 is 10.2 Å². The van der Waals surface area contributed by atoms with Crippen molar-refractivity contribution >= 4 is 5.91 Å². The molecule has 3 heteroatoms. The molecule has 0 aliphatic carbocycles. The van der Waals surface area contributed by atoms with Crippen molar-refractivity contribution < 1.29 is 4.79 Å². The predicted molar refractivity (Wildman–Crippen MR) is 85.6 cm³/mol. The number of fused-ring (bicyclic) bond motifs is 2. The van der Waals surface area contributed by atoms with E-state index < -0.39 is 0 Å². The molecule has 2 heterocycles. The summed E-state index contributed by atoms with van der Waals surface area (Å²) in [5.41, 5.74) is 3.18. The maximum Gasteiger partial charge on any atom is 0.254 e. The van der Waals surface area contributed by atoms with Crippen LogP contribution in [0.3, 0.4) is 0 Å². The Hall–Kier alpha value is -1.35. The molecule has 2 aliphatic rings. The highest BCUT2D eigenvalue weighted by Crippen LogP contribution is 2.30. The van der Waals surface area contributed by atoms with E-state index in [4.69, 9.17) is 0 Å². The Morgan fingerprint density at radius 1 is 1.24 bits per heavy atom.